The highest BCUT2D eigenvalue weighted by Crippen LogP contribution is 2.57. The van der Waals surface area contributed by atoms with Crippen LogP contribution >= 0.6 is 19.2 Å². The molecule has 0 aromatic carbocycles. The Balaban J connectivity index is 5.01. The van der Waals surface area contributed by atoms with Gasteiger partial charge in [-0.05, 0) is 13.8 Å². The third kappa shape index (κ3) is 2.96. The van der Waals surface area contributed by atoms with Crippen LogP contribution in [0.15, 0.2) is 22.5 Å². The summed E-state index contributed by atoms with van der Waals surface area (Å²) in [7, 11) is -0.674. The van der Waals surface area contributed by atoms with E-state index in [0.29, 0.717) is 5.03 Å². The summed E-state index contributed by atoms with van der Waals surface area (Å²) in [6.45, 7) is 7.18. The molecule has 0 saturated heterocycles. The maximum Gasteiger partial charge on any atom is 0.361 e. The minimum atomic E-state index is -3.27. The van der Waals surface area contributed by atoms with Crippen LogP contribution < -0.4 is 0 Å². The monoisotopic (exact) mass is 224 g/mol. The predicted molar refractivity (Wildman–Crippen MR) is 55.0 cm³/mol. The van der Waals surface area contributed by atoms with Gasteiger partial charge in [-0.15, -0.1) is 0 Å². The molecule has 3 nitrogen and oxygen atoms in total. The van der Waals surface area contributed by atoms with Gasteiger partial charge in [-0.3, -0.25) is 4.57 Å². The van der Waals surface area contributed by atoms with E-state index < -0.39 is 7.60 Å². The summed E-state index contributed by atoms with van der Waals surface area (Å²) in [6.07, 6.45) is 0. The van der Waals surface area contributed by atoms with Gasteiger partial charge in [-0.25, -0.2) is 0 Å². The Morgan fingerprint density at radius 3 is 1.92 bits per heavy atom. The highest BCUT2D eigenvalue weighted by atomic mass is 35.5. The number of halogens is 1. The largest absolute Gasteiger partial charge is 0.361 e. The Morgan fingerprint density at radius 2 is 1.69 bits per heavy atom. The van der Waals surface area contributed by atoms with Crippen molar-refractivity contribution in [2.45, 2.75) is 13.8 Å². The molecule has 0 atom stereocenters. The first kappa shape index (κ1) is 12.9. The molecule has 13 heavy (non-hydrogen) atoms. The molecule has 0 radical (unpaired) electrons. The maximum atomic E-state index is 11.7. The van der Waals surface area contributed by atoms with E-state index >= 15 is 0 Å². The first-order valence-electron chi connectivity index (χ1n) is 3.63. The smallest absolute Gasteiger partial charge is 0.309 e. The van der Waals surface area contributed by atoms with Crippen molar-refractivity contribution in [3.05, 3.63) is 22.5 Å². The average molecular weight is 225 g/mol. The summed E-state index contributed by atoms with van der Waals surface area (Å²) < 4.78 is 21.2. The van der Waals surface area contributed by atoms with E-state index in [2.05, 4.69) is 6.58 Å². The Labute approximate surface area is 83.9 Å². The predicted octanol–water partition coefficient (Wildman–Crippen LogP) is 3.52. The van der Waals surface area contributed by atoms with E-state index in [-0.39, 0.29) is 5.31 Å². The number of allylic oxidation sites excluding steroid dienone is 3. The van der Waals surface area contributed by atoms with Gasteiger partial charge in [-0.1, -0.05) is 23.8 Å². The van der Waals surface area contributed by atoms with Gasteiger partial charge in [0.1, 0.15) is 0 Å². The highest BCUT2D eigenvalue weighted by Gasteiger charge is 2.28. The van der Waals surface area contributed by atoms with Crippen molar-refractivity contribution >= 4 is 19.2 Å². The zero-order chi connectivity index (χ0) is 10.6. The van der Waals surface area contributed by atoms with Crippen LogP contribution in [-0.4, -0.2) is 14.2 Å². The van der Waals surface area contributed by atoms with Gasteiger partial charge in [0, 0.05) is 14.2 Å². The number of hydrogen-bond acceptors (Lipinski definition) is 3. The summed E-state index contributed by atoms with van der Waals surface area (Å²) in [5.74, 6) is 0. The summed E-state index contributed by atoms with van der Waals surface area (Å²) >= 11 is 5.86. The SMILES string of the molecule is C=C(C(Cl)=C(C)C)P(=O)(OC)OC. The topological polar surface area (TPSA) is 35.5 Å². The minimum Gasteiger partial charge on any atom is -0.309 e. The van der Waals surface area contributed by atoms with Crippen molar-refractivity contribution in [1.29, 1.82) is 0 Å². The molecule has 0 heterocycles. The molecule has 0 aliphatic heterocycles. The van der Waals surface area contributed by atoms with Gasteiger partial charge in [0.05, 0.1) is 10.3 Å². The summed E-state index contributed by atoms with van der Waals surface area (Å²) in [5.41, 5.74) is 0.820. The fourth-order valence-electron chi connectivity index (χ4n) is 0.704. The molecule has 0 unspecified atom stereocenters. The highest BCUT2D eigenvalue weighted by molar-refractivity contribution is 7.59. The molecule has 0 aromatic rings. The van der Waals surface area contributed by atoms with Gasteiger partial charge >= 0.3 is 7.60 Å². The van der Waals surface area contributed by atoms with Crippen molar-refractivity contribution in [2.75, 3.05) is 14.2 Å². The van der Waals surface area contributed by atoms with Crippen LogP contribution in [0.2, 0.25) is 0 Å². The zero-order valence-electron chi connectivity index (χ0n) is 8.26. The van der Waals surface area contributed by atoms with Gasteiger partial charge in [-0.2, -0.15) is 0 Å². The lowest BCUT2D eigenvalue weighted by atomic mass is 10.3. The second-order valence-electron chi connectivity index (χ2n) is 2.62. The normalized spacial score (nSPS) is 11.2. The lowest BCUT2D eigenvalue weighted by Gasteiger charge is -2.16. The van der Waals surface area contributed by atoms with Crippen LogP contribution in [0.1, 0.15) is 13.8 Å². The number of rotatable bonds is 4. The first-order chi connectivity index (χ1) is 5.89. The minimum absolute atomic E-state index is 0.194. The summed E-state index contributed by atoms with van der Waals surface area (Å²) in [6, 6.07) is 0. The molecule has 0 bridgehead atoms. The lowest BCUT2D eigenvalue weighted by Crippen LogP contribution is -1.93. The van der Waals surface area contributed by atoms with E-state index in [0.717, 1.165) is 5.57 Å². The molecule has 0 aliphatic rings. The van der Waals surface area contributed by atoms with Crippen LogP contribution in [0.4, 0.5) is 0 Å². The summed E-state index contributed by atoms with van der Waals surface area (Å²) in [4.78, 5) is 0. The Kier molecular flexibility index (Phi) is 4.93. The summed E-state index contributed by atoms with van der Waals surface area (Å²) in [5, 5.41) is 0.534. The van der Waals surface area contributed by atoms with E-state index in [1.807, 2.05) is 0 Å². The quantitative estimate of drug-likeness (QED) is 0.541. The molecule has 0 amide bonds. The van der Waals surface area contributed by atoms with Crippen molar-refractivity contribution in [3.63, 3.8) is 0 Å². The Hall–Kier alpha value is -0.0800. The molecule has 0 aromatic heterocycles. The third-order valence-electron chi connectivity index (χ3n) is 1.50. The van der Waals surface area contributed by atoms with E-state index in [4.69, 9.17) is 20.6 Å². The van der Waals surface area contributed by atoms with Gasteiger partial charge in [0.15, 0.2) is 0 Å². The molecule has 0 saturated carbocycles. The molecular weight excluding hydrogens is 211 g/mol. The van der Waals surface area contributed by atoms with Crippen molar-refractivity contribution in [3.8, 4) is 0 Å². The van der Waals surface area contributed by atoms with Crippen molar-refractivity contribution in [1.82, 2.24) is 0 Å². The molecule has 0 fully saturated rings. The lowest BCUT2D eigenvalue weighted by molar-refractivity contribution is 0.284. The van der Waals surface area contributed by atoms with Crippen LogP contribution in [-0.2, 0) is 13.6 Å². The zero-order valence-corrected chi connectivity index (χ0v) is 9.91. The molecule has 0 aliphatic carbocycles. The Bertz CT molecular complexity index is 271. The molecular formula is C8H14ClO3P. The van der Waals surface area contributed by atoms with Gasteiger partial charge in [0.25, 0.3) is 0 Å². The standard InChI is InChI=1S/C8H14ClO3P/c1-6(2)8(9)7(3)13(10,11-4)12-5/h3H2,1-2,4-5H3. The Morgan fingerprint density at radius 1 is 1.31 bits per heavy atom. The average Bonchev–Trinajstić information content (AvgIpc) is 2.14. The maximum absolute atomic E-state index is 11.7. The van der Waals surface area contributed by atoms with Gasteiger partial charge < -0.3 is 9.05 Å². The van der Waals surface area contributed by atoms with Crippen LogP contribution in [0, 0.1) is 0 Å². The van der Waals surface area contributed by atoms with Crippen molar-refractivity contribution in [2.24, 2.45) is 0 Å². The van der Waals surface area contributed by atoms with Crippen molar-refractivity contribution < 1.29 is 13.6 Å². The third-order valence-corrected chi connectivity index (χ3v) is 4.09. The molecule has 5 heteroatoms. The van der Waals surface area contributed by atoms with Gasteiger partial charge in [0.2, 0.25) is 0 Å². The second-order valence-corrected chi connectivity index (χ2v) is 5.27. The molecule has 0 rings (SSSR count). The van der Waals surface area contributed by atoms with E-state index in [1.54, 1.807) is 13.8 Å². The van der Waals surface area contributed by atoms with Crippen LogP contribution in [0.3, 0.4) is 0 Å². The van der Waals surface area contributed by atoms with E-state index in [9.17, 15) is 4.57 Å². The number of hydrogen-bond donors (Lipinski definition) is 0. The molecule has 0 spiro atoms. The van der Waals surface area contributed by atoms with Crippen LogP contribution in [0.5, 0.6) is 0 Å². The second kappa shape index (κ2) is 4.97. The van der Waals surface area contributed by atoms with Crippen LogP contribution in [0.25, 0.3) is 0 Å². The first-order valence-corrected chi connectivity index (χ1v) is 5.55. The fraction of sp³-hybridized carbons (Fsp3) is 0.500. The molecule has 0 N–H and O–H groups in total. The fourth-order valence-corrected chi connectivity index (χ4v) is 2.07. The van der Waals surface area contributed by atoms with E-state index in [1.165, 1.54) is 14.2 Å². The molecule has 76 valence electrons.